The van der Waals surface area contributed by atoms with E-state index in [9.17, 15) is 9.59 Å². The van der Waals surface area contributed by atoms with Gasteiger partial charge >= 0.3 is 11.9 Å². The first-order valence-electron chi connectivity index (χ1n) is 12.5. The maximum absolute atomic E-state index is 12.3. The minimum absolute atomic E-state index is 0.119. The molecule has 4 bridgehead atoms. The minimum Gasteiger partial charge on any atom is -0.466 e. The third kappa shape index (κ3) is 7.29. The fraction of sp³-hybridized carbons (Fsp3) is 0.920. The number of carbonyl (C=O) groups excluding carboxylic acids is 2. The fourth-order valence-corrected chi connectivity index (χ4v) is 6.15. The van der Waals surface area contributed by atoms with Gasteiger partial charge in [-0.25, -0.2) is 0 Å². The van der Waals surface area contributed by atoms with Gasteiger partial charge in [0.1, 0.15) is 6.10 Å². The van der Waals surface area contributed by atoms with Gasteiger partial charge in [0.2, 0.25) is 0 Å². The molecule has 0 radical (unpaired) electrons. The Morgan fingerprint density at radius 3 is 1.79 bits per heavy atom. The highest BCUT2D eigenvalue weighted by atomic mass is 16.5. The maximum Gasteiger partial charge on any atom is 0.306 e. The van der Waals surface area contributed by atoms with Gasteiger partial charge in [0.05, 0.1) is 19.4 Å². The fourth-order valence-electron chi connectivity index (χ4n) is 6.15. The number of esters is 2. The van der Waals surface area contributed by atoms with Crippen LogP contribution in [-0.4, -0.2) is 24.6 Å². The summed E-state index contributed by atoms with van der Waals surface area (Å²) in [6.07, 6.45) is 18.1. The van der Waals surface area contributed by atoms with E-state index in [2.05, 4.69) is 6.92 Å². The Morgan fingerprint density at radius 2 is 1.21 bits per heavy atom. The van der Waals surface area contributed by atoms with Crippen molar-refractivity contribution in [3.05, 3.63) is 0 Å². The van der Waals surface area contributed by atoms with E-state index in [4.69, 9.17) is 9.47 Å². The molecule has 0 aromatic rings. The predicted octanol–water partition coefficient (Wildman–Crippen LogP) is 6.21. The molecule has 166 valence electrons. The molecule has 0 heterocycles. The van der Waals surface area contributed by atoms with Crippen LogP contribution in [0.15, 0.2) is 0 Å². The van der Waals surface area contributed by atoms with Crippen molar-refractivity contribution in [3.63, 3.8) is 0 Å². The molecule has 0 unspecified atom stereocenters. The van der Waals surface area contributed by atoms with Crippen molar-refractivity contribution in [2.45, 2.75) is 116 Å². The molecular weight excluding hydrogens is 364 g/mol. The average Bonchev–Trinajstić information content (AvgIpc) is 2.70. The Kier molecular flexibility index (Phi) is 9.33. The summed E-state index contributed by atoms with van der Waals surface area (Å²) in [7, 11) is 0. The van der Waals surface area contributed by atoms with Crippen molar-refractivity contribution in [1.29, 1.82) is 0 Å². The lowest BCUT2D eigenvalue weighted by atomic mass is 9.55. The van der Waals surface area contributed by atoms with Crippen LogP contribution in [0.4, 0.5) is 0 Å². The van der Waals surface area contributed by atoms with Gasteiger partial charge in [-0.05, 0) is 62.2 Å². The van der Waals surface area contributed by atoms with E-state index in [0.29, 0.717) is 18.4 Å². The monoisotopic (exact) mass is 406 g/mol. The first-order valence-corrected chi connectivity index (χ1v) is 12.5. The lowest BCUT2D eigenvalue weighted by Gasteiger charge is -2.53. The van der Waals surface area contributed by atoms with Gasteiger partial charge in [0.15, 0.2) is 0 Å². The first-order chi connectivity index (χ1) is 14.2. The molecule has 0 atom stereocenters. The zero-order chi connectivity index (χ0) is 20.5. The molecule has 0 N–H and O–H groups in total. The normalized spacial score (nSPS) is 29.8. The van der Waals surface area contributed by atoms with Crippen LogP contribution in [-0.2, 0) is 19.1 Å². The van der Waals surface area contributed by atoms with Crippen molar-refractivity contribution in [2.75, 3.05) is 6.61 Å². The molecule has 4 aliphatic carbocycles. The summed E-state index contributed by atoms with van der Waals surface area (Å²) in [5.74, 6) is 2.45. The first kappa shape index (κ1) is 22.6. The number of unbranched alkanes of at least 4 members (excludes halogenated alkanes) is 8. The van der Waals surface area contributed by atoms with Crippen LogP contribution < -0.4 is 0 Å². The van der Waals surface area contributed by atoms with Crippen LogP contribution >= 0.6 is 0 Å². The largest absolute Gasteiger partial charge is 0.466 e. The highest BCUT2D eigenvalue weighted by Crippen LogP contribution is 2.54. The zero-order valence-electron chi connectivity index (χ0n) is 18.5. The van der Waals surface area contributed by atoms with Gasteiger partial charge in [-0.2, -0.15) is 0 Å². The Hall–Kier alpha value is -1.06. The summed E-state index contributed by atoms with van der Waals surface area (Å²) in [4.78, 5) is 24.1. The Morgan fingerprint density at radius 1 is 0.690 bits per heavy atom. The van der Waals surface area contributed by atoms with Gasteiger partial charge < -0.3 is 9.47 Å². The van der Waals surface area contributed by atoms with Crippen LogP contribution in [0.25, 0.3) is 0 Å². The minimum atomic E-state index is -0.258. The standard InChI is InChI=1S/C25H42O4/c1-2-3-4-5-6-7-8-9-10-13-28-23(26)11-12-24(27)29-25-21-15-19-14-20(17-21)18-22(25)16-19/h19-22,25H,2-18H2,1H3. The summed E-state index contributed by atoms with van der Waals surface area (Å²) < 4.78 is 11.1. The predicted molar refractivity (Wildman–Crippen MR) is 114 cm³/mol. The number of ether oxygens (including phenoxy) is 2. The Balaban J connectivity index is 1.17. The lowest BCUT2D eigenvalue weighted by molar-refractivity contribution is -0.172. The number of rotatable bonds is 14. The molecule has 29 heavy (non-hydrogen) atoms. The van der Waals surface area contributed by atoms with Crippen molar-refractivity contribution in [2.24, 2.45) is 23.7 Å². The van der Waals surface area contributed by atoms with Gasteiger partial charge in [-0.3, -0.25) is 9.59 Å². The summed E-state index contributed by atoms with van der Waals surface area (Å²) >= 11 is 0. The summed E-state index contributed by atoms with van der Waals surface area (Å²) in [6, 6.07) is 0. The van der Waals surface area contributed by atoms with Gasteiger partial charge in [-0.15, -0.1) is 0 Å². The van der Waals surface area contributed by atoms with E-state index in [1.165, 1.54) is 77.0 Å². The Bertz CT molecular complexity index is 487. The molecule has 0 spiro atoms. The van der Waals surface area contributed by atoms with Crippen LogP contribution in [0.5, 0.6) is 0 Å². The molecule has 0 saturated heterocycles. The average molecular weight is 407 g/mol. The van der Waals surface area contributed by atoms with Crippen molar-refractivity contribution in [3.8, 4) is 0 Å². The van der Waals surface area contributed by atoms with E-state index in [1.54, 1.807) is 0 Å². The van der Waals surface area contributed by atoms with Crippen molar-refractivity contribution in [1.82, 2.24) is 0 Å². The second-order valence-corrected chi connectivity index (χ2v) is 9.93. The van der Waals surface area contributed by atoms with Crippen molar-refractivity contribution >= 4 is 11.9 Å². The second-order valence-electron chi connectivity index (χ2n) is 9.93. The van der Waals surface area contributed by atoms with E-state index in [-0.39, 0.29) is 30.9 Å². The van der Waals surface area contributed by atoms with Crippen LogP contribution in [0.2, 0.25) is 0 Å². The van der Waals surface area contributed by atoms with E-state index >= 15 is 0 Å². The molecule has 0 amide bonds. The van der Waals surface area contributed by atoms with Crippen LogP contribution in [0.3, 0.4) is 0 Å². The van der Waals surface area contributed by atoms with Crippen molar-refractivity contribution < 1.29 is 19.1 Å². The summed E-state index contributed by atoms with van der Waals surface area (Å²) in [5.41, 5.74) is 0. The second kappa shape index (κ2) is 12.0. The zero-order valence-corrected chi connectivity index (χ0v) is 18.5. The number of carbonyl (C=O) groups is 2. The summed E-state index contributed by atoms with van der Waals surface area (Å²) in [5, 5.41) is 0. The quantitative estimate of drug-likeness (QED) is 0.254. The number of hydrogen-bond donors (Lipinski definition) is 0. The molecule has 4 saturated carbocycles. The van der Waals surface area contributed by atoms with Gasteiger partial charge in [0.25, 0.3) is 0 Å². The third-order valence-corrected chi connectivity index (χ3v) is 7.45. The molecule has 0 aromatic heterocycles. The summed E-state index contributed by atoms with van der Waals surface area (Å²) in [6.45, 7) is 2.73. The van der Waals surface area contributed by atoms with E-state index in [0.717, 1.165) is 24.7 Å². The molecule has 4 heteroatoms. The third-order valence-electron chi connectivity index (χ3n) is 7.45. The molecule has 4 aliphatic rings. The van der Waals surface area contributed by atoms with E-state index < -0.39 is 0 Å². The van der Waals surface area contributed by atoms with Crippen LogP contribution in [0.1, 0.15) is 110 Å². The van der Waals surface area contributed by atoms with Gasteiger partial charge in [-0.1, -0.05) is 58.3 Å². The maximum atomic E-state index is 12.3. The molecule has 4 rings (SSSR count). The smallest absolute Gasteiger partial charge is 0.306 e. The van der Waals surface area contributed by atoms with Gasteiger partial charge in [0, 0.05) is 0 Å². The lowest BCUT2D eigenvalue weighted by Crippen LogP contribution is -2.50. The highest BCUT2D eigenvalue weighted by molar-refractivity contribution is 5.77. The molecular formula is C25H42O4. The molecule has 0 aromatic carbocycles. The van der Waals surface area contributed by atoms with E-state index in [1.807, 2.05) is 0 Å². The Labute approximate surface area is 177 Å². The highest BCUT2D eigenvalue weighted by Gasteiger charge is 2.49. The molecule has 4 fully saturated rings. The molecule has 4 nitrogen and oxygen atoms in total. The SMILES string of the molecule is CCCCCCCCCCCOC(=O)CCC(=O)OC1C2CC3CC(C2)CC1C3. The van der Waals surface area contributed by atoms with Crippen LogP contribution in [0, 0.1) is 23.7 Å². The molecule has 0 aliphatic heterocycles. The number of hydrogen-bond acceptors (Lipinski definition) is 4. The topological polar surface area (TPSA) is 52.6 Å².